The van der Waals surface area contributed by atoms with Crippen LogP contribution in [0.4, 0.5) is 0 Å². The molecule has 1 heterocycles. The van der Waals surface area contributed by atoms with E-state index < -0.39 is 25.9 Å². The minimum absolute atomic E-state index is 0.0183. The average molecular weight is 417 g/mol. The Kier molecular flexibility index (Phi) is 5.04. The lowest BCUT2D eigenvalue weighted by Gasteiger charge is -2.32. The van der Waals surface area contributed by atoms with Crippen LogP contribution in [0, 0.1) is 0 Å². The number of sulfone groups is 1. The Morgan fingerprint density at radius 2 is 2.10 bits per heavy atom. The zero-order chi connectivity index (χ0) is 15.8. The highest BCUT2D eigenvalue weighted by Gasteiger charge is 2.37. The largest absolute Gasteiger partial charge is 0.244 e. The van der Waals surface area contributed by atoms with Gasteiger partial charge in [0.2, 0.25) is 10.0 Å². The third-order valence-electron chi connectivity index (χ3n) is 3.35. The first-order chi connectivity index (χ1) is 9.67. The molecule has 1 fully saturated rings. The number of nitrogens with zero attached hydrogens (tertiary/aromatic N) is 1. The fraction of sp³-hybridized carbons (Fsp3) is 0.500. The van der Waals surface area contributed by atoms with Crippen molar-refractivity contribution >= 4 is 47.4 Å². The van der Waals surface area contributed by atoms with E-state index in [0.29, 0.717) is 4.47 Å². The Balaban J connectivity index is 2.39. The highest BCUT2D eigenvalue weighted by Crippen LogP contribution is 2.29. The maximum Gasteiger partial charge on any atom is 0.244 e. The van der Waals surface area contributed by atoms with Gasteiger partial charge in [-0.3, -0.25) is 0 Å². The number of benzene rings is 1. The predicted molar refractivity (Wildman–Crippen MR) is 85.7 cm³/mol. The van der Waals surface area contributed by atoms with Crippen LogP contribution in [0.15, 0.2) is 27.6 Å². The summed E-state index contributed by atoms with van der Waals surface area (Å²) < 4.78 is 50.2. The quantitative estimate of drug-likeness (QED) is 0.707. The van der Waals surface area contributed by atoms with E-state index in [1.165, 1.54) is 10.4 Å². The summed E-state index contributed by atoms with van der Waals surface area (Å²) in [6, 6.07) is 4.22. The highest BCUT2D eigenvalue weighted by molar-refractivity contribution is 9.10. The van der Waals surface area contributed by atoms with Gasteiger partial charge in [-0.1, -0.05) is 6.07 Å². The van der Waals surface area contributed by atoms with Crippen LogP contribution in [0.25, 0.3) is 0 Å². The van der Waals surface area contributed by atoms with Crippen LogP contribution >= 0.6 is 27.5 Å². The number of halogens is 2. The van der Waals surface area contributed by atoms with Crippen LogP contribution in [-0.2, 0) is 25.7 Å². The van der Waals surface area contributed by atoms with Crippen LogP contribution in [0.2, 0.25) is 0 Å². The van der Waals surface area contributed by atoms with E-state index >= 15 is 0 Å². The molecule has 1 aromatic rings. The van der Waals surface area contributed by atoms with Crippen LogP contribution in [0.5, 0.6) is 0 Å². The molecule has 0 radical (unpaired) electrons. The average Bonchev–Trinajstić information content (AvgIpc) is 2.36. The van der Waals surface area contributed by atoms with E-state index in [1.807, 2.05) is 0 Å². The van der Waals surface area contributed by atoms with Gasteiger partial charge < -0.3 is 0 Å². The second-order valence-electron chi connectivity index (χ2n) is 4.98. The molecule has 2 rings (SSSR count). The normalized spacial score (nSPS) is 23.1. The minimum Gasteiger partial charge on any atom is -0.229 e. The maximum absolute atomic E-state index is 12.7. The lowest BCUT2D eigenvalue weighted by molar-refractivity contribution is 0.356. The van der Waals surface area contributed by atoms with Gasteiger partial charge in [-0.05, 0) is 40.5 Å². The van der Waals surface area contributed by atoms with Crippen molar-refractivity contribution in [2.75, 3.05) is 18.1 Å². The third kappa shape index (κ3) is 3.61. The van der Waals surface area contributed by atoms with Gasteiger partial charge in [0.15, 0.2) is 9.84 Å². The van der Waals surface area contributed by atoms with Gasteiger partial charge in [0, 0.05) is 22.9 Å². The zero-order valence-corrected chi connectivity index (χ0v) is 15.3. The molecule has 0 aliphatic carbocycles. The summed E-state index contributed by atoms with van der Waals surface area (Å²) >= 11 is 8.97. The van der Waals surface area contributed by atoms with Gasteiger partial charge in [-0.2, -0.15) is 4.31 Å². The monoisotopic (exact) mass is 415 g/mol. The lowest BCUT2D eigenvalue weighted by Crippen LogP contribution is -2.49. The third-order valence-corrected chi connectivity index (χ3v) is 8.44. The summed E-state index contributed by atoms with van der Waals surface area (Å²) in [5.74, 6) is -0.00511. The van der Waals surface area contributed by atoms with Crippen molar-refractivity contribution in [1.29, 1.82) is 0 Å². The van der Waals surface area contributed by atoms with E-state index in [0.717, 1.165) is 5.56 Å². The molecule has 0 bridgehead atoms. The second-order valence-corrected chi connectivity index (χ2v) is 10.2. The lowest BCUT2D eigenvalue weighted by atomic mass is 10.2. The van der Waals surface area contributed by atoms with Crippen LogP contribution in [0.1, 0.15) is 12.5 Å². The molecular formula is C12H15BrClNO4S2. The summed E-state index contributed by atoms with van der Waals surface area (Å²) in [7, 11) is -6.90. The molecule has 1 aromatic carbocycles. The van der Waals surface area contributed by atoms with Crippen molar-refractivity contribution in [3.05, 3.63) is 28.2 Å². The fourth-order valence-corrected chi connectivity index (χ4v) is 6.95. The Labute approximate surface area is 138 Å². The molecule has 0 amide bonds. The van der Waals surface area contributed by atoms with Crippen LogP contribution in [-0.4, -0.2) is 45.2 Å². The molecule has 1 unspecified atom stereocenters. The topological polar surface area (TPSA) is 71.5 Å². The van der Waals surface area contributed by atoms with E-state index in [-0.39, 0.29) is 28.8 Å². The summed E-state index contributed by atoms with van der Waals surface area (Å²) in [6.07, 6.45) is 0. The summed E-state index contributed by atoms with van der Waals surface area (Å²) in [5, 5.41) is 0. The van der Waals surface area contributed by atoms with Crippen molar-refractivity contribution in [3.8, 4) is 0 Å². The van der Waals surface area contributed by atoms with Crippen LogP contribution in [0.3, 0.4) is 0 Å². The summed E-state index contributed by atoms with van der Waals surface area (Å²) in [6.45, 7) is 1.59. The number of hydrogen-bond donors (Lipinski definition) is 0. The molecule has 1 aliphatic rings. The number of sulfonamides is 1. The molecule has 9 heteroatoms. The summed E-state index contributed by atoms with van der Waals surface area (Å²) in [5.41, 5.74) is 0.803. The predicted octanol–water partition coefficient (Wildman–Crippen LogP) is 2.00. The van der Waals surface area contributed by atoms with Crippen LogP contribution < -0.4 is 0 Å². The van der Waals surface area contributed by atoms with Gasteiger partial charge in [0.1, 0.15) is 0 Å². The van der Waals surface area contributed by atoms with Crippen molar-refractivity contribution in [2.24, 2.45) is 0 Å². The molecule has 1 saturated heterocycles. The fourth-order valence-electron chi connectivity index (χ4n) is 2.30. The van der Waals surface area contributed by atoms with Crippen molar-refractivity contribution in [2.45, 2.75) is 23.7 Å². The molecule has 0 aromatic heterocycles. The second kappa shape index (κ2) is 6.16. The minimum atomic E-state index is -3.74. The number of hydrogen-bond acceptors (Lipinski definition) is 4. The molecule has 1 atom stereocenters. The van der Waals surface area contributed by atoms with Crippen molar-refractivity contribution in [1.82, 2.24) is 4.31 Å². The molecule has 0 N–H and O–H groups in total. The summed E-state index contributed by atoms with van der Waals surface area (Å²) in [4.78, 5) is 0.127. The Morgan fingerprint density at radius 3 is 2.62 bits per heavy atom. The van der Waals surface area contributed by atoms with E-state index in [4.69, 9.17) is 11.6 Å². The van der Waals surface area contributed by atoms with E-state index in [9.17, 15) is 16.8 Å². The molecule has 118 valence electrons. The standard InChI is InChI=1S/C12H15BrClNO4S2/c1-9-8-20(16,17)5-4-15(9)21(18,19)12-3-2-10(7-14)6-11(12)13/h2-3,6,9H,4-5,7-8H2,1H3. The van der Waals surface area contributed by atoms with E-state index in [1.54, 1.807) is 19.1 Å². The molecule has 1 aliphatic heterocycles. The Morgan fingerprint density at radius 1 is 1.43 bits per heavy atom. The SMILES string of the molecule is CC1CS(=O)(=O)CCN1S(=O)(=O)c1ccc(CCl)cc1Br. The van der Waals surface area contributed by atoms with E-state index in [2.05, 4.69) is 15.9 Å². The molecule has 21 heavy (non-hydrogen) atoms. The van der Waals surface area contributed by atoms with Gasteiger partial charge in [0.05, 0.1) is 16.4 Å². The van der Waals surface area contributed by atoms with Gasteiger partial charge in [0.25, 0.3) is 0 Å². The first kappa shape index (κ1) is 17.2. The van der Waals surface area contributed by atoms with Crippen molar-refractivity contribution < 1.29 is 16.8 Å². The first-order valence-electron chi connectivity index (χ1n) is 6.24. The molecular weight excluding hydrogens is 402 g/mol. The number of alkyl halides is 1. The van der Waals surface area contributed by atoms with Gasteiger partial charge in [-0.25, -0.2) is 16.8 Å². The van der Waals surface area contributed by atoms with Crippen molar-refractivity contribution in [3.63, 3.8) is 0 Å². The molecule has 0 spiro atoms. The molecule has 0 saturated carbocycles. The maximum atomic E-state index is 12.7. The highest BCUT2D eigenvalue weighted by atomic mass is 79.9. The smallest absolute Gasteiger partial charge is 0.229 e. The van der Waals surface area contributed by atoms with Gasteiger partial charge in [-0.15, -0.1) is 11.6 Å². The Hall–Kier alpha value is -0.150. The zero-order valence-electron chi connectivity index (χ0n) is 11.3. The molecule has 5 nitrogen and oxygen atoms in total. The Bertz CT molecular complexity index is 749. The first-order valence-corrected chi connectivity index (χ1v) is 10.8. The number of rotatable bonds is 3. The van der Waals surface area contributed by atoms with Gasteiger partial charge >= 0.3 is 0 Å².